The Bertz CT molecular complexity index is 753. The van der Waals surface area contributed by atoms with Crippen molar-refractivity contribution in [2.75, 3.05) is 43.5 Å². The highest BCUT2D eigenvalue weighted by molar-refractivity contribution is 7.13. The Morgan fingerprint density at radius 1 is 1.31 bits per heavy atom. The minimum Gasteiger partial charge on any atom is -0.486 e. The molecule has 0 spiro atoms. The highest BCUT2D eigenvalue weighted by atomic mass is 32.1. The van der Waals surface area contributed by atoms with Crippen molar-refractivity contribution in [1.82, 2.24) is 9.88 Å². The maximum atomic E-state index is 12.2. The van der Waals surface area contributed by atoms with Gasteiger partial charge in [-0.2, -0.15) is 0 Å². The van der Waals surface area contributed by atoms with Gasteiger partial charge in [0.15, 0.2) is 16.6 Å². The Morgan fingerprint density at radius 3 is 3.04 bits per heavy atom. The topological polar surface area (TPSA) is 75.7 Å². The van der Waals surface area contributed by atoms with Crippen LogP contribution in [0.5, 0.6) is 11.5 Å². The first-order valence-electron chi connectivity index (χ1n) is 8.84. The van der Waals surface area contributed by atoms with Crippen LogP contribution in [0.25, 0.3) is 0 Å². The van der Waals surface area contributed by atoms with Crippen molar-refractivity contribution in [3.05, 3.63) is 29.8 Å². The Hall–Kier alpha value is -2.32. The molecule has 8 heteroatoms. The number of nitrogens with one attached hydrogen (secondary N) is 2. The van der Waals surface area contributed by atoms with E-state index in [2.05, 4.69) is 20.5 Å². The summed E-state index contributed by atoms with van der Waals surface area (Å²) in [6.45, 7) is 3.34. The van der Waals surface area contributed by atoms with Gasteiger partial charge in [0.05, 0.1) is 6.54 Å². The summed E-state index contributed by atoms with van der Waals surface area (Å²) in [4.78, 5) is 18.4. The van der Waals surface area contributed by atoms with Crippen molar-refractivity contribution in [3.63, 3.8) is 0 Å². The number of carbonyl (C=O) groups is 1. The van der Waals surface area contributed by atoms with Crippen molar-refractivity contribution in [3.8, 4) is 11.5 Å². The fourth-order valence-corrected chi connectivity index (χ4v) is 3.88. The molecule has 1 aromatic carbocycles. The molecular weight excluding hydrogens is 352 g/mol. The summed E-state index contributed by atoms with van der Waals surface area (Å²) in [7, 11) is 0. The summed E-state index contributed by atoms with van der Waals surface area (Å²) < 4.78 is 11.2. The smallest absolute Gasteiger partial charge is 0.240 e. The fraction of sp³-hybridized carbons (Fsp3) is 0.444. The summed E-state index contributed by atoms with van der Waals surface area (Å²) in [6.07, 6.45) is 3.83. The Balaban J connectivity index is 1.31. The number of hydrogen-bond donors (Lipinski definition) is 2. The van der Waals surface area contributed by atoms with E-state index in [0.29, 0.717) is 30.9 Å². The van der Waals surface area contributed by atoms with Gasteiger partial charge in [-0.25, -0.2) is 4.98 Å². The molecule has 2 aliphatic rings. The predicted molar refractivity (Wildman–Crippen MR) is 101 cm³/mol. The van der Waals surface area contributed by atoms with Crippen molar-refractivity contribution in [1.29, 1.82) is 0 Å². The Kier molecular flexibility index (Phi) is 5.21. The molecule has 4 rings (SSSR count). The number of piperidine rings is 1. The van der Waals surface area contributed by atoms with Crippen molar-refractivity contribution < 1.29 is 14.3 Å². The third-order valence-electron chi connectivity index (χ3n) is 4.46. The first-order valence-corrected chi connectivity index (χ1v) is 9.72. The molecule has 1 amide bonds. The molecule has 26 heavy (non-hydrogen) atoms. The largest absolute Gasteiger partial charge is 0.486 e. The van der Waals surface area contributed by atoms with Gasteiger partial charge in [-0.05, 0) is 31.5 Å². The molecule has 0 radical (unpaired) electrons. The average molecular weight is 374 g/mol. The molecular formula is C18H22N4O3S. The van der Waals surface area contributed by atoms with E-state index in [1.807, 2.05) is 23.6 Å². The molecule has 3 heterocycles. The van der Waals surface area contributed by atoms with Crippen LogP contribution in [0, 0.1) is 0 Å². The zero-order valence-electron chi connectivity index (χ0n) is 14.4. The molecule has 1 saturated heterocycles. The van der Waals surface area contributed by atoms with Gasteiger partial charge in [0, 0.05) is 35.9 Å². The van der Waals surface area contributed by atoms with Gasteiger partial charge in [-0.3, -0.25) is 9.69 Å². The van der Waals surface area contributed by atoms with Crippen LogP contribution in [0.4, 0.5) is 10.8 Å². The third kappa shape index (κ3) is 4.25. The second-order valence-electron chi connectivity index (χ2n) is 6.46. The van der Waals surface area contributed by atoms with Crippen LogP contribution in [0.1, 0.15) is 12.8 Å². The minimum atomic E-state index is -0.0140. The van der Waals surface area contributed by atoms with E-state index in [1.54, 1.807) is 6.20 Å². The first kappa shape index (κ1) is 17.1. The molecule has 7 nitrogen and oxygen atoms in total. The van der Waals surface area contributed by atoms with Gasteiger partial charge in [-0.15, -0.1) is 11.3 Å². The lowest BCUT2D eigenvalue weighted by Gasteiger charge is -2.33. The molecule has 1 atom stereocenters. The molecule has 1 aromatic heterocycles. The summed E-state index contributed by atoms with van der Waals surface area (Å²) >= 11 is 1.43. The molecule has 2 N–H and O–H groups in total. The van der Waals surface area contributed by atoms with E-state index in [1.165, 1.54) is 11.3 Å². The number of rotatable bonds is 5. The summed E-state index contributed by atoms with van der Waals surface area (Å²) in [5.74, 6) is 1.57. The predicted octanol–water partition coefficient (Wildman–Crippen LogP) is 2.43. The van der Waals surface area contributed by atoms with Gasteiger partial charge in [0.1, 0.15) is 13.2 Å². The van der Waals surface area contributed by atoms with Gasteiger partial charge in [-0.1, -0.05) is 0 Å². The van der Waals surface area contributed by atoms with E-state index in [4.69, 9.17) is 9.47 Å². The average Bonchev–Trinajstić information content (AvgIpc) is 3.15. The highest BCUT2D eigenvalue weighted by Gasteiger charge is 2.22. The number of benzene rings is 1. The summed E-state index contributed by atoms with van der Waals surface area (Å²) in [5, 5.41) is 8.91. The van der Waals surface area contributed by atoms with Crippen LogP contribution < -0.4 is 20.1 Å². The number of likely N-dealkylation sites (tertiary alicyclic amines) is 1. The lowest BCUT2D eigenvalue weighted by Crippen LogP contribution is -2.45. The number of carbonyl (C=O) groups excluding carboxylic acids is 1. The standard InChI is InChI=1S/C18H22N4O3S/c23-17(21-18-19-5-9-26-18)12-22-6-1-2-14(11-22)20-13-3-4-15-16(10-13)25-8-7-24-15/h3-5,9-10,14,20H,1-2,6-8,11-12H2,(H,19,21,23)/t14-/m1/s1. The quantitative estimate of drug-likeness (QED) is 0.837. The van der Waals surface area contributed by atoms with Gasteiger partial charge in [0.2, 0.25) is 5.91 Å². The SMILES string of the molecule is O=C(CN1CCC[C@@H](Nc2ccc3c(c2)OCCO3)C1)Nc1nccs1. The maximum absolute atomic E-state index is 12.2. The maximum Gasteiger partial charge on any atom is 0.240 e. The van der Waals surface area contributed by atoms with E-state index in [9.17, 15) is 4.79 Å². The third-order valence-corrected chi connectivity index (χ3v) is 5.15. The van der Waals surface area contributed by atoms with Gasteiger partial charge >= 0.3 is 0 Å². The van der Waals surface area contributed by atoms with E-state index in [0.717, 1.165) is 43.1 Å². The van der Waals surface area contributed by atoms with Gasteiger partial charge in [0.25, 0.3) is 0 Å². The van der Waals surface area contributed by atoms with Crippen LogP contribution >= 0.6 is 11.3 Å². The first-order chi connectivity index (χ1) is 12.8. The molecule has 2 aromatic rings. The van der Waals surface area contributed by atoms with Crippen LogP contribution in [0.3, 0.4) is 0 Å². The highest BCUT2D eigenvalue weighted by Crippen LogP contribution is 2.33. The van der Waals surface area contributed by atoms with E-state index >= 15 is 0 Å². The molecule has 0 aliphatic carbocycles. The van der Waals surface area contributed by atoms with Crippen LogP contribution in [-0.2, 0) is 4.79 Å². The monoisotopic (exact) mass is 374 g/mol. The zero-order valence-corrected chi connectivity index (χ0v) is 15.3. The van der Waals surface area contributed by atoms with E-state index in [-0.39, 0.29) is 5.91 Å². The molecule has 138 valence electrons. The van der Waals surface area contributed by atoms with Gasteiger partial charge < -0.3 is 20.1 Å². The fourth-order valence-electron chi connectivity index (χ4n) is 3.33. The Labute approximate surface area is 156 Å². The molecule has 0 bridgehead atoms. The van der Waals surface area contributed by atoms with Crippen LogP contribution in [0.15, 0.2) is 29.8 Å². The molecule has 0 unspecified atom stereocenters. The zero-order chi connectivity index (χ0) is 17.8. The normalized spacial score (nSPS) is 19.8. The second-order valence-corrected chi connectivity index (χ2v) is 7.36. The number of fused-ring (bicyclic) bond motifs is 1. The van der Waals surface area contributed by atoms with E-state index < -0.39 is 0 Å². The number of thiazole rings is 1. The number of hydrogen-bond acceptors (Lipinski definition) is 7. The Morgan fingerprint density at radius 2 is 2.19 bits per heavy atom. The summed E-state index contributed by atoms with van der Waals surface area (Å²) in [6, 6.07) is 6.25. The number of anilines is 2. The van der Waals surface area contributed by atoms with Crippen LogP contribution in [-0.4, -0.2) is 54.7 Å². The minimum absolute atomic E-state index is 0.0140. The lowest BCUT2D eigenvalue weighted by atomic mass is 10.1. The molecule has 2 aliphatic heterocycles. The van der Waals surface area contributed by atoms with Crippen molar-refractivity contribution >= 4 is 28.1 Å². The number of aromatic nitrogens is 1. The number of nitrogens with zero attached hydrogens (tertiary/aromatic N) is 2. The second kappa shape index (κ2) is 7.92. The van der Waals surface area contributed by atoms with Crippen molar-refractivity contribution in [2.24, 2.45) is 0 Å². The van der Waals surface area contributed by atoms with Crippen LogP contribution in [0.2, 0.25) is 0 Å². The number of amides is 1. The number of ether oxygens (including phenoxy) is 2. The lowest BCUT2D eigenvalue weighted by molar-refractivity contribution is -0.117. The summed E-state index contributed by atoms with van der Waals surface area (Å²) in [5.41, 5.74) is 1.02. The molecule has 0 saturated carbocycles. The molecule has 1 fully saturated rings. The van der Waals surface area contributed by atoms with Crippen molar-refractivity contribution in [2.45, 2.75) is 18.9 Å².